The number of anilines is 1. The lowest BCUT2D eigenvalue weighted by atomic mass is 9.57. The number of aryl methyl sites for hydroxylation is 1. The molecular weight excluding hydrogens is 362 g/mol. The van der Waals surface area contributed by atoms with Gasteiger partial charge in [-0.2, -0.15) is 5.26 Å². The molecule has 0 saturated carbocycles. The van der Waals surface area contributed by atoms with Crippen LogP contribution in [0.2, 0.25) is 0 Å². The van der Waals surface area contributed by atoms with Gasteiger partial charge in [0.15, 0.2) is 0 Å². The van der Waals surface area contributed by atoms with Crippen LogP contribution >= 0.6 is 0 Å². The number of pyridine rings is 3. The van der Waals surface area contributed by atoms with Gasteiger partial charge >= 0.3 is 0 Å². The lowest BCUT2D eigenvalue weighted by molar-refractivity contribution is 0.209. The fraction of sp³-hybridized carbons (Fsp3) is 0.300. The summed E-state index contributed by atoms with van der Waals surface area (Å²) >= 11 is 0. The van der Waals surface area contributed by atoms with Crippen LogP contribution in [0, 0.1) is 18.3 Å². The van der Waals surface area contributed by atoms with Crippen LogP contribution in [0.1, 0.15) is 16.7 Å². The Kier molecular flexibility index (Phi) is 4.89. The number of rotatable bonds is 3. The van der Waals surface area contributed by atoms with Crippen molar-refractivity contribution < 1.29 is 0 Å². The maximum absolute atomic E-state index is 12.0. The van der Waals surface area contributed by atoms with E-state index in [1.54, 1.807) is 13.1 Å². The molecule has 0 spiro atoms. The van der Waals surface area contributed by atoms with Crippen LogP contribution in [-0.4, -0.2) is 61.7 Å². The smallest absolute Gasteiger partial charge is 0.251 e. The third-order valence-electron chi connectivity index (χ3n) is 5.86. The van der Waals surface area contributed by atoms with E-state index in [9.17, 15) is 4.79 Å². The van der Waals surface area contributed by atoms with E-state index in [2.05, 4.69) is 46.5 Å². The molecule has 0 radical (unpaired) electrons. The Labute approximate surface area is 171 Å². The molecule has 1 saturated heterocycles. The van der Waals surface area contributed by atoms with Crippen molar-refractivity contribution in [3.05, 3.63) is 63.7 Å². The molecule has 0 aliphatic carbocycles. The molecule has 1 aliphatic rings. The SMILES string of the molecule is BC(B)(c1cnc2cc(C)c(=O)[nH]c2c1)N1CCN(c2ccc(C#N)cn2)CC1. The average Bonchev–Trinajstić information content (AvgIpc) is 2.74. The monoisotopic (exact) mass is 384 g/mol. The molecule has 144 valence electrons. The lowest BCUT2D eigenvalue weighted by Crippen LogP contribution is -2.56. The number of hydrogen-bond acceptors (Lipinski definition) is 6. The summed E-state index contributed by atoms with van der Waals surface area (Å²) in [6.07, 6.45) is 3.53. The fourth-order valence-electron chi connectivity index (χ4n) is 3.83. The van der Waals surface area contributed by atoms with Crippen molar-refractivity contribution in [2.45, 2.75) is 12.3 Å². The molecule has 29 heavy (non-hydrogen) atoms. The van der Waals surface area contributed by atoms with Crippen molar-refractivity contribution in [2.75, 3.05) is 31.1 Å². The molecule has 9 heteroatoms. The molecule has 0 bridgehead atoms. The summed E-state index contributed by atoms with van der Waals surface area (Å²) in [5, 5.41) is 8.72. The maximum atomic E-state index is 12.0. The van der Waals surface area contributed by atoms with Gasteiger partial charge in [0.2, 0.25) is 0 Å². The molecule has 0 aromatic carbocycles. The largest absolute Gasteiger partial charge is 0.354 e. The van der Waals surface area contributed by atoms with Crippen molar-refractivity contribution >= 4 is 32.5 Å². The number of nitriles is 1. The normalized spacial score (nSPS) is 15.4. The van der Waals surface area contributed by atoms with Crippen LogP contribution in [0.15, 0.2) is 41.5 Å². The standard InChI is InChI=1S/C20H22B2N6O/c1-13-8-16-17(26-19(13)29)9-15(12-24-16)20(21,22)28-6-4-27(5-7-28)18-3-2-14(10-23)11-25-18/h2-3,8-9,11-12H,4-7,21-22H2,1H3,(H,26,29). The van der Waals surface area contributed by atoms with Gasteiger partial charge in [0, 0.05) is 44.1 Å². The first-order valence-corrected chi connectivity index (χ1v) is 9.75. The summed E-state index contributed by atoms with van der Waals surface area (Å²) in [4.78, 5) is 28.6. The van der Waals surface area contributed by atoms with Crippen molar-refractivity contribution in [3.63, 3.8) is 0 Å². The van der Waals surface area contributed by atoms with E-state index in [-0.39, 0.29) is 10.9 Å². The first-order valence-electron chi connectivity index (χ1n) is 9.75. The van der Waals surface area contributed by atoms with Gasteiger partial charge in [0.05, 0.1) is 16.6 Å². The topological polar surface area (TPSA) is 88.9 Å². The molecule has 4 rings (SSSR count). The van der Waals surface area contributed by atoms with Crippen molar-refractivity contribution in [1.29, 1.82) is 5.26 Å². The Balaban J connectivity index is 1.52. The van der Waals surface area contributed by atoms with Gasteiger partial charge in [-0.3, -0.25) is 9.78 Å². The van der Waals surface area contributed by atoms with E-state index in [1.807, 2.05) is 30.5 Å². The number of aromatic amines is 1. The Bertz CT molecular complexity index is 1140. The second kappa shape index (κ2) is 7.37. The molecule has 3 aromatic heterocycles. The first kappa shape index (κ1) is 19.2. The highest BCUT2D eigenvalue weighted by Crippen LogP contribution is 2.26. The minimum atomic E-state index is -0.215. The number of piperazine rings is 1. The Morgan fingerprint density at radius 3 is 2.55 bits per heavy atom. The molecule has 1 N–H and O–H groups in total. The van der Waals surface area contributed by atoms with Crippen LogP contribution in [-0.2, 0) is 5.34 Å². The van der Waals surface area contributed by atoms with Gasteiger partial charge in [-0.25, -0.2) is 4.98 Å². The average molecular weight is 384 g/mol. The van der Waals surface area contributed by atoms with E-state index >= 15 is 0 Å². The molecule has 0 amide bonds. The maximum Gasteiger partial charge on any atom is 0.251 e. The van der Waals surface area contributed by atoms with Crippen LogP contribution < -0.4 is 10.5 Å². The Morgan fingerprint density at radius 2 is 1.90 bits per heavy atom. The third-order valence-corrected chi connectivity index (χ3v) is 5.86. The second-order valence-electron chi connectivity index (χ2n) is 7.99. The van der Waals surface area contributed by atoms with Gasteiger partial charge < -0.3 is 14.8 Å². The minimum absolute atomic E-state index is 0.0715. The predicted molar refractivity (Wildman–Crippen MR) is 119 cm³/mol. The number of aromatic nitrogens is 3. The number of nitrogens with one attached hydrogen (secondary N) is 1. The highest BCUT2D eigenvalue weighted by atomic mass is 16.1. The van der Waals surface area contributed by atoms with E-state index in [1.165, 1.54) is 0 Å². The predicted octanol–water partition coefficient (Wildman–Crippen LogP) is -0.303. The summed E-state index contributed by atoms with van der Waals surface area (Å²) < 4.78 is 0. The van der Waals surface area contributed by atoms with Crippen molar-refractivity contribution in [1.82, 2.24) is 19.9 Å². The fourth-order valence-corrected chi connectivity index (χ4v) is 3.83. The number of nitrogens with zero attached hydrogens (tertiary/aromatic N) is 5. The number of hydrogen-bond donors (Lipinski definition) is 1. The Hall–Kier alpha value is -3.11. The van der Waals surface area contributed by atoms with Gasteiger partial charge in [0.25, 0.3) is 5.56 Å². The van der Waals surface area contributed by atoms with Gasteiger partial charge in [-0.15, -0.1) is 0 Å². The van der Waals surface area contributed by atoms with Crippen molar-refractivity contribution in [3.8, 4) is 6.07 Å². The molecule has 4 heterocycles. The summed E-state index contributed by atoms with van der Waals surface area (Å²) in [5.74, 6) is 0.904. The van der Waals surface area contributed by atoms with Gasteiger partial charge in [0.1, 0.15) is 27.6 Å². The van der Waals surface area contributed by atoms with E-state index in [0.717, 1.165) is 48.6 Å². The molecule has 0 unspecified atom stereocenters. The molecule has 1 fully saturated rings. The van der Waals surface area contributed by atoms with Crippen LogP contribution in [0.4, 0.5) is 5.82 Å². The number of fused-ring (bicyclic) bond motifs is 1. The quantitative estimate of drug-likeness (QED) is 0.624. The Morgan fingerprint density at radius 1 is 1.14 bits per heavy atom. The van der Waals surface area contributed by atoms with E-state index in [4.69, 9.17) is 5.26 Å². The zero-order chi connectivity index (χ0) is 20.6. The van der Waals surface area contributed by atoms with Crippen LogP contribution in [0.3, 0.4) is 0 Å². The van der Waals surface area contributed by atoms with Gasteiger partial charge in [-0.1, -0.05) is 0 Å². The van der Waals surface area contributed by atoms with Gasteiger partial charge in [-0.05, 0) is 42.1 Å². The van der Waals surface area contributed by atoms with Crippen LogP contribution in [0.5, 0.6) is 0 Å². The molecule has 0 atom stereocenters. The zero-order valence-corrected chi connectivity index (χ0v) is 16.9. The van der Waals surface area contributed by atoms with Crippen molar-refractivity contribution in [2.24, 2.45) is 0 Å². The third kappa shape index (κ3) is 3.64. The summed E-state index contributed by atoms with van der Waals surface area (Å²) in [6, 6.07) is 9.69. The first-order chi connectivity index (χ1) is 13.9. The molecule has 3 aromatic rings. The zero-order valence-electron chi connectivity index (χ0n) is 16.9. The van der Waals surface area contributed by atoms with Crippen LogP contribution in [0.25, 0.3) is 11.0 Å². The lowest BCUT2D eigenvalue weighted by Gasteiger charge is -2.45. The molecule has 1 aliphatic heterocycles. The molecular formula is C20H22B2N6O. The second-order valence-corrected chi connectivity index (χ2v) is 7.99. The summed E-state index contributed by atoms with van der Waals surface area (Å²) in [7, 11) is 4.38. The minimum Gasteiger partial charge on any atom is -0.354 e. The summed E-state index contributed by atoms with van der Waals surface area (Å²) in [5.41, 5.74) is 3.83. The van der Waals surface area contributed by atoms with E-state index < -0.39 is 0 Å². The summed E-state index contributed by atoms with van der Waals surface area (Å²) in [6.45, 7) is 5.28. The highest BCUT2D eigenvalue weighted by molar-refractivity contribution is 6.39. The van der Waals surface area contributed by atoms with E-state index in [0.29, 0.717) is 11.1 Å². The number of H-pyrrole nitrogens is 1. The molecule has 7 nitrogen and oxygen atoms in total. The highest BCUT2D eigenvalue weighted by Gasteiger charge is 2.32.